The number of aromatic nitrogens is 2. The maximum atomic E-state index is 12.4. The first kappa shape index (κ1) is 14.7. The number of hydrogen-bond donors (Lipinski definition) is 2. The van der Waals surface area contributed by atoms with Gasteiger partial charge in [-0.3, -0.25) is 9.78 Å². The number of nitrogens with one attached hydrogen (secondary N) is 2. The third-order valence-corrected chi connectivity index (χ3v) is 3.31. The summed E-state index contributed by atoms with van der Waals surface area (Å²) in [6.45, 7) is 0.621. The van der Waals surface area contributed by atoms with Crippen LogP contribution in [0.2, 0.25) is 0 Å². The fourth-order valence-electron chi connectivity index (χ4n) is 2.15. The van der Waals surface area contributed by atoms with Crippen molar-refractivity contribution in [3.05, 3.63) is 84.3 Å². The molecule has 5 nitrogen and oxygen atoms in total. The summed E-state index contributed by atoms with van der Waals surface area (Å²) in [5.41, 5.74) is 2.45. The molecule has 0 spiro atoms. The van der Waals surface area contributed by atoms with Crippen LogP contribution in [0.15, 0.2) is 73.2 Å². The van der Waals surface area contributed by atoms with Crippen LogP contribution in [0.4, 0.5) is 11.5 Å². The Hall–Kier alpha value is -3.21. The van der Waals surface area contributed by atoms with Gasteiger partial charge in [-0.15, -0.1) is 0 Å². The van der Waals surface area contributed by atoms with Crippen molar-refractivity contribution >= 4 is 17.4 Å². The van der Waals surface area contributed by atoms with Crippen LogP contribution in [0.3, 0.4) is 0 Å². The van der Waals surface area contributed by atoms with Gasteiger partial charge >= 0.3 is 0 Å². The predicted octanol–water partition coefficient (Wildman–Crippen LogP) is 3.34. The maximum absolute atomic E-state index is 12.4. The van der Waals surface area contributed by atoms with E-state index in [1.165, 1.54) is 0 Å². The number of hydrogen-bond acceptors (Lipinski definition) is 4. The second-order valence-corrected chi connectivity index (χ2v) is 4.92. The van der Waals surface area contributed by atoms with Crippen molar-refractivity contribution in [1.29, 1.82) is 0 Å². The van der Waals surface area contributed by atoms with Gasteiger partial charge in [0.05, 0.1) is 5.56 Å². The van der Waals surface area contributed by atoms with E-state index in [1.807, 2.05) is 36.4 Å². The first-order valence-corrected chi connectivity index (χ1v) is 7.27. The molecule has 0 aliphatic rings. The van der Waals surface area contributed by atoms with Crippen molar-refractivity contribution in [2.45, 2.75) is 6.54 Å². The molecule has 0 unspecified atom stereocenters. The highest BCUT2D eigenvalue weighted by molar-refractivity contribution is 6.07. The van der Waals surface area contributed by atoms with Crippen molar-refractivity contribution in [2.75, 3.05) is 10.6 Å². The molecular weight excluding hydrogens is 288 g/mol. The van der Waals surface area contributed by atoms with E-state index < -0.39 is 0 Å². The molecule has 0 aliphatic carbocycles. The quantitative estimate of drug-likeness (QED) is 0.758. The van der Waals surface area contributed by atoms with E-state index >= 15 is 0 Å². The molecule has 0 aliphatic heterocycles. The molecule has 1 amide bonds. The smallest absolute Gasteiger partial charge is 0.258 e. The monoisotopic (exact) mass is 304 g/mol. The molecular formula is C18H16N4O. The second kappa shape index (κ2) is 7.17. The Morgan fingerprint density at radius 3 is 2.48 bits per heavy atom. The molecule has 3 aromatic rings. The number of para-hydroxylation sites is 1. The van der Waals surface area contributed by atoms with E-state index in [9.17, 15) is 4.79 Å². The summed E-state index contributed by atoms with van der Waals surface area (Å²) in [5, 5.41) is 6.08. The van der Waals surface area contributed by atoms with E-state index in [0.29, 0.717) is 17.9 Å². The van der Waals surface area contributed by atoms with Crippen molar-refractivity contribution in [1.82, 2.24) is 9.97 Å². The van der Waals surface area contributed by atoms with Gasteiger partial charge in [0.2, 0.25) is 0 Å². The standard InChI is InChI=1S/C18H16N4O/c23-18(22-17-7-3-4-10-20-17)15-5-1-2-6-16(15)21-13-14-8-11-19-12-9-14/h1-12,21H,13H2,(H,20,22,23). The lowest BCUT2D eigenvalue weighted by Gasteiger charge is -2.12. The summed E-state index contributed by atoms with van der Waals surface area (Å²) in [7, 11) is 0. The summed E-state index contributed by atoms with van der Waals surface area (Å²) in [6, 6.07) is 16.7. The first-order chi connectivity index (χ1) is 11.3. The number of amides is 1. The lowest BCUT2D eigenvalue weighted by atomic mass is 10.1. The Balaban J connectivity index is 1.73. The fourth-order valence-corrected chi connectivity index (χ4v) is 2.15. The Bertz CT molecular complexity index is 775. The summed E-state index contributed by atoms with van der Waals surface area (Å²) < 4.78 is 0. The molecule has 5 heteroatoms. The Morgan fingerprint density at radius 1 is 0.913 bits per heavy atom. The molecule has 0 atom stereocenters. The van der Waals surface area contributed by atoms with Gasteiger partial charge in [-0.25, -0.2) is 4.98 Å². The third-order valence-electron chi connectivity index (χ3n) is 3.31. The van der Waals surface area contributed by atoms with Gasteiger partial charge in [0.25, 0.3) is 5.91 Å². The van der Waals surface area contributed by atoms with E-state index in [1.54, 1.807) is 36.8 Å². The summed E-state index contributed by atoms with van der Waals surface area (Å²) in [6.07, 6.45) is 5.14. The Labute approximate surface area is 134 Å². The van der Waals surface area contributed by atoms with Crippen molar-refractivity contribution in [3.63, 3.8) is 0 Å². The van der Waals surface area contributed by atoms with Crippen LogP contribution in [-0.4, -0.2) is 15.9 Å². The minimum absolute atomic E-state index is 0.193. The molecule has 2 aromatic heterocycles. The molecule has 114 valence electrons. The zero-order valence-corrected chi connectivity index (χ0v) is 12.4. The molecule has 0 saturated heterocycles. The summed E-state index contributed by atoms with van der Waals surface area (Å²) in [5.74, 6) is 0.336. The van der Waals surface area contributed by atoms with E-state index in [-0.39, 0.29) is 5.91 Å². The van der Waals surface area contributed by atoms with E-state index in [2.05, 4.69) is 20.6 Å². The average Bonchev–Trinajstić information content (AvgIpc) is 2.62. The number of nitrogens with zero attached hydrogens (tertiary/aromatic N) is 2. The van der Waals surface area contributed by atoms with Gasteiger partial charge in [0, 0.05) is 30.8 Å². The largest absolute Gasteiger partial charge is 0.380 e. The van der Waals surface area contributed by atoms with Crippen LogP contribution in [0.5, 0.6) is 0 Å². The highest BCUT2D eigenvalue weighted by atomic mass is 16.1. The zero-order chi connectivity index (χ0) is 15.9. The molecule has 1 aromatic carbocycles. The minimum atomic E-state index is -0.193. The van der Waals surface area contributed by atoms with Crippen LogP contribution in [0, 0.1) is 0 Å². The first-order valence-electron chi connectivity index (χ1n) is 7.27. The molecule has 2 heterocycles. The van der Waals surface area contributed by atoms with E-state index in [0.717, 1.165) is 11.3 Å². The van der Waals surface area contributed by atoms with Crippen molar-refractivity contribution < 1.29 is 4.79 Å². The second-order valence-electron chi connectivity index (χ2n) is 4.92. The zero-order valence-electron chi connectivity index (χ0n) is 12.4. The van der Waals surface area contributed by atoms with Crippen LogP contribution < -0.4 is 10.6 Å². The number of anilines is 2. The molecule has 0 saturated carbocycles. The highest BCUT2D eigenvalue weighted by Gasteiger charge is 2.11. The normalized spacial score (nSPS) is 10.1. The Morgan fingerprint density at radius 2 is 1.70 bits per heavy atom. The maximum Gasteiger partial charge on any atom is 0.258 e. The number of carbonyl (C=O) groups is 1. The van der Waals surface area contributed by atoms with Gasteiger partial charge < -0.3 is 10.6 Å². The van der Waals surface area contributed by atoms with Gasteiger partial charge in [-0.2, -0.15) is 0 Å². The summed E-state index contributed by atoms with van der Waals surface area (Å²) in [4.78, 5) is 20.5. The van der Waals surface area contributed by atoms with Crippen LogP contribution in [0.25, 0.3) is 0 Å². The van der Waals surface area contributed by atoms with Crippen molar-refractivity contribution in [3.8, 4) is 0 Å². The summed E-state index contributed by atoms with van der Waals surface area (Å²) >= 11 is 0. The Kier molecular flexibility index (Phi) is 4.59. The average molecular weight is 304 g/mol. The fraction of sp³-hybridized carbons (Fsp3) is 0.0556. The van der Waals surface area contributed by atoms with Crippen LogP contribution in [-0.2, 0) is 6.54 Å². The number of benzene rings is 1. The van der Waals surface area contributed by atoms with Crippen LogP contribution in [0.1, 0.15) is 15.9 Å². The number of carbonyl (C=O) groups excluding carboxylic acids is 1. The molecule has 0 bridgehead atoms. The van der Waals surface area contributed by atoms with Gasteiger partial charge in [-0.1, -0.05) is 18.2 Å². The van der Waals surface area contributed by atoms with E-state index in [4.69, 9.17) is 0 Å². The lowest BCUT2D eigenvalue weighted by molar-refractivity contribution is 0.102. The van der Waals surface area contributed by atoms with Gasteiger partial charge in [0.1, 0.15) is 5.82 Å². The van der Waals surface area contributed by atoms with Gasteiger partial charge in [-0.05, 0) is 42.0 Å². The molecule has 0 radical (unpaired) electrons. The highest BCUT2D eigenvalue weighted by Crippen LogP contribution is 2.17. The SMILES string of the molecule is O=C(Nc1ccccn1)c1ccccc1NCc1ccncc1. The van der Waals surface area contributed by atoms with Crippen molar-refractivity contribution in [2.24, 2.45) is 0 Å². The molecule has 2 N–H and O–H groups in total. The molecule has 3 rings (SSSR count). The predicted molar refractivity (Wildman–Crippen MR) is 90.2 cm³/mol. The number of pyridine rings is 2. The minimum Gasteiger partial charge on any atom is -0.380 e. The van der Waals surface area contributed by atoms with Crippen LogP contribution >= 0.6 is 0 Å². The number of rotatable bonds is 5. The lowest BCUT2D eigenvalue weighted by Crippen LogP contribution is -2.15. The van der Waals surface area contributed by atoms with Gasteiger partial charge in [0.15, 0.2) is 0 Å². The molecule has 0 fully saturated rings. The third kappa shape index (κ3) is 3.91. The molecule has 23 heavy (non-hydrogen) atoms. The topological polar surface area (TPSA) is 66.9 Å².